The third-order valence-electron chi connectivity index (χ3n) is 3.45. The Morgan fingerprint density at radius 1 is 1.00 bits per heavy atom. The van der Waals surface area contributed by atoms with Gasteiger partial charge in [0.05, 0.1) is 17.1 Å². The summed E-state index contributed by atoms with van der Waals surface area (Å²) in [5.74, 6) is 0. The van der Waals surface area contributed by atoms with Gasteiger partial charge in [0.25, 0.3) is 0 Å². The average molecular weight is 411 g/mol. The van der Waals surface area contributed by atoms with E-state index in [0.29, 0.717) is 0 Å². The maximum Gasteiger partial charge on any atom is 0.323 e. The molecule has 21 heavy (non-hydrogen) atoms. The van der Waals surface area contributed by atoms with E-state index < -0.39 is 0 Å². The van der Waals surface area contributed by atoms with E-state index in [9.17, 15) is 4.79 Å². The number of nitrogens with one attached hydrogen (secondary N) is 2. The summed E-state index contributed by atoms with van der Waals surface area (Å²) in [5, 5.41) is 0. The van der Waals surface area contributed by atoms with Crippen molar-refractivity contribution >= 4 is 42.9 Å². The molecule has 0 saturated heterocycles. The minimum absolute atomic E-state index is 0.223. The first kappa shape index (κ1) is 14.6. The Balaban J connectivity index is 2.16. The van der Waals surface area contributed by atoms with Crippen LogP contribution in [0.3, 0.4) is 0 Å². The molecule has 4 N–H and O–H groups in total. The number of nitrogens with two attached hydrogens (primary N) is 1. The summed E-state index contributed by atoms with van der Waals surface area (Å²) in [4.78, 5) is 16.9. The molecular formula is C15H13Br2N3O. The Bertz CT molecular complexity index is 882. The maximum absolute atomic E-state index is 11.4. The number of hydrogen-bond acceptors (Lipinski definition) is 2. The molecule has 1 unspecified atom stereocenters. The van der Waals surface area contributed by atoms with E-state index in [-0.39, 0.29) is 11.7 Å². The Kier molecular flexibility index (Phi) is 3.77. The molecule has 0 aliphatic rings. The molecule has 0 saturated carbocycles. The molecule has 0 fully saturated rings. The first-order valence-corrected chi connectivity index (χ1v) is 7.97. The normalized spacial score (nSPS) is 12.8. The Labute approximate surface area is 138 Å². The number of fused-ring (bicyclic) bond motifs is 1. The molecule has 0 amide bonds. The summed E-state index contributed by atoms with van der Waals surface area (Å²) < 4.78 is 1.83. The first-order chi connectivity index (χ1) is 9.95. The third-order valence-corrected chi connectivity index (χ3v) is 4.86. The van der Waals surface area contributed by atoms with Gasteiger partial charge in [-0.2, -0.15) is 0 Å². The molecule has 1 aromatic heterocycles. The number of hydrogen-bond donors (Lipinski definition) is 3. The molecule has 1 heterocycles. The van der Waals surface area contributed by atoms with E-state index >= 15 is 0 Å². The van der Waals surface area contributed by atoms with E-state index in [1.165, 1.54) is 0 Å². The van der Waals surface area contributed by atoms with Gasteiger partial charge in [0.15, 0.2) is 0 Å². The molecule has 0 radical (unpaired) electrons. The van der Waals surface area contributed by atoms with Crippen LogP contribution in [0.15, 0.2) is 44.1 Å². The van der Waals surface area contributed by atoms with Crippen LogP contribution in [-0.4, -0.2) is 9.97 Å². The number of rotatable bonds is 2. The van der Waals surface area contributed by atoms with E-state index in [2.05, 4.69) is 47.9 Å². The van der Waals surface area contributed by atoms with Gasteiger partial charge in [-0.15, -0.1) is 0 Å². The summed E-state index contributed by atoms with van der Waals surface area (Å²) in [6.45, 7) is 2.03. The second-order valence-electron chi connectivity index (χ2n) is 5.00. The van der Waals surface area contributed by atoms with Crippen LogP contribution in [0, 0.1) is 6.92 Å². The lowest BCUT2D eigenvalue weighted by Crippen LogP contribution is -2.13. The van der Waals surface area contributed by atoms with E-state index in [1.807, 2.05) is 31.2 Å². The predicted octanol–water partition coefficient (Wildman–Crippen LogP) is 3.74. The molecule has 6 heteroatoms. The number of benzene rings is 2. The molecule has 3 rings (SSSR count). The molecule has 1 atom stereocenters. The molecule has 0 aliphatic heterocycles. The Hall–Kier alpha value is -1.37. The van der Waals surface area contributed by atoms with Gasteiger partial charge in [-0.3, -0.25) is 0 Å². The summed E-state index contributed by atoms with van der Waals surface area (Å²) in [6.07, 6.45) is 0. The van der Waals surface area contributed by atoms with Gasteiger partial charge < -0.3 is 15.7 Å². The molecule has 4 nitrogen and oxygen atoms in total. The number of imidazole rings is 1. The molecule has 0 aliphatic carbocycles. The number of aromatic nitrogens is 2. The highest BCUT2D eigenvalue weighted by Crippen LogP contribution is 2.33. The van der Waals surface area contributed by atoms with Crippen LogP contribution < -0.4 is 11.4 Å². The van der Waals surface area contributed by atoms with Crippen LogP contribution in [0.2, 0.25) is 0 Å². The van der Waals surface area contributed by atoms with Crippen molar-refractivity contribution in [2.45, 2.75) is 13.0 Å². The topological polar surface area (TPSA) is 74.7 Å². The van der Waals surface area contributed by atoms with E-state index in [1.54, 1.807) is 0 Å². The minimum Gasteiger partial charge on any atom is -0.320 e. The van der Waals surface area contributed by atoms with Crippen LogP contribution in [0.5, 0.6) is 0 Å². The standard InChI is InChI=1S/C15H13Br2N3O/c1-7-2-3-10(16)8(4-7)14(18)9-5-12-13(6-11(9)17)20-15(21)19-12/h2-6,14H,18H2,1H3,(H2,19,20,21). The number of aromatic amines is 2. The lowest BCUT2D eigenvalue weighted by Gasteiger charge is -2.17. The van der Waals surface area contributed by atoms with Gasteiger partial charge in [-0.25, -0.2) is 4.79 Å². The van der Waals surface area contributed by atoms with Crippen molar-refractivity contribution in [3.8, 4) is 0 Å². The van der Waals surface area contributed by atoms with E-state index in [0.717, 1.165) is 36.7 Å². The zero-order chi connectivity index (χ0) is 15.1. The second kappa shape index (κ2) is 5.44. The van der Waals surface area contributed by atoms with Gasteiger partial charge in [-0.05, 0) is 36.2 Å². The fourth-order valence-corrected chi connectivity index (χ4v) is 3.46. The van der Waals surface area contributed by atoms with Crippen LogP contribution in [0.4, 0.5) is 0 Å². The second-order valence-corrected chi connectivity index (χ2v) is 6.71. The third kappa shape index (κ3) is 2.71. The fraction of sp³-hybridized carbons (Fsp3) is 0.133. The zero-order valence-electron chi connectivity index (χ0n) is 11.2. The molecule has 2 aromatic carbocycles. The van der Waals surface area contributed by atoms with Crippen molar-refractivity contribution in [3.63, 3.8) is 0 Å². The van der Waals surface area contributed by atoms with Crippen molar-refractivity contribution < 1.29 is 0 Å². The molecule has 3 aromatic rings. The average Bonchev–Trinajstić information content (AvgIpc) is 2.79. The van der Waals surface area contributed by atoms with Crippen LogP contribution in [-0.2, 0) is 0 Å². The van der Waals surface area contributed by atoms with Crippen LogP contribution in [0.1, 0.15) is 22.7 Å². The quantitative estimate of drug-likeness (QED) is 0.601. The number of H-pyrrole nitrogens is 2. The summed E-state index contributed by atoms with van der Waals surface area (Å²) in [6, 6.07) is 9.56. The largest absolute Gasteiger partial charge is 0.323 e. The lowest BCUT2D eigenvalue weighted by atomic mass is 9.98. The molecule has 0 spiro atoms. The van der Waals surface area contributed by atoms with Crippen LogP contribution in [0.25, 0.3) is 11.0 Å². The van der Waals surface area contributed by atoms with Crippen molar-refractivity contribution in [3.05, 3.63) is 66.5 Å². The monoisotopic (exact) mass is 409 g/mol. The zero-order valence-corrected chi connectivity index (χ0v) is 14.4. The van der Waals surface area contributed by atoms with Crippen molar-refractivity contribution in [1.29, 1.82) is 0 Å². The van der Waals surface area contributed by atoms with Gasteiger partial charge in [0.2, 0.25) is 0 Å². The fourth-order valence-electron chi connectivity index (χ4n) is 2.38. The Morgan fingerprint density at radius 2 is 1.62 bits per heavy atom. The predicted molar refractivity (Wildman–Crippen MR) is 91.5 cm³/mol. The summed E-state index contributed by atoms with van der Waals surface area (Å²) in [7, 11) is 0. The van der Waals surface area contributed by atoms with Gasteiger partial charge >= 0.3 is 5.69 Å². The molecule has 0 bridgehead atoms. The maximum atomic E-state index is 11.4. The van der Waals surface area contributed by atoms with Crippen molar-refractivity contribution in [2.75, 3.05) is 0 Å². The van der Waals surface area contributed by atoms with Crippen LogP contribution >= 0.6 is 31.9 Å². The van der Waals surface area contributed by atoms with Gasteiger partial charge in [0, 0.05) is 8.95 Å². The van der Waals surface area contributed by atoms with Gasteiger partial charge in [0.1, 0.15) is 0 Å². The molecule has 108 valence electrons. The van der Waals surface area contributed by atoms with Gasteiger partial charge in [-0.1, -0.05) is 49.6 Å². The van der Waals surface area contributed by atoms with Crippen molar-refractivity contribution in [1.82, 2.24) is 9.97 Å². The highest BCUT2D eigenvalue weighted by atomic mass is 79.9. The SMILES string of the molecule is Cc1ccc(Br)c(C(N)c2cc3[nH]c(=O)[nH]c3cc2Br)c1. The Morgan fingerprint density at radius 3 is 2.33 bits per heavy atom. The summed E-state index contributed by atoms with van der Waals surface area (Å²) in [5.41, 5.74) is 10.8. The first-order valence-electron chi connectivity index (χ1n) is 6.39. The molecular weight excluding hydrogens is 398 g/mol. The minimum atomic E-state index is -0.295. The lowest BCUT2D eigenvalue weighted by molar-refractivity contribution is 0.860. The van der Waals surface area contributed by atoms with Crippen molar-refractivity contribution in [2.24, 2.45) is 5.73 Å². The summed E-state index contributed by atoms with van der Waals surface area (Å²) >= 11 is 7.08. The highest BCUT2D eigenvalue weighted by Gasteiger charge is 2.17. The highest BCUT2D eigenvalue weighted by molar-refractivity contribution is 9.10. The number of halogens is 2. The van der Waals surface area contributed by atoms with E-state index in [4.69, 9.17) is 5.73 Å². The smallest absolute Gasteiger partial charge is 0.320 e. The number of aryl methyl sites for hydroxylation is 1.